The largest absolute Gasteiger partial charge is 0.481 e. The molecule has 1 heterocycles. The van der Waals surface area contributed by atoms with Crippen molar-refractivity contribution in [3.63, 3.8) is 0 Å². The normalized spacial score (nSPS) is 9.79. The molecule has 0 aliphatic carbocycles. The van der Waals surface area contributed by atoms with Crippen molar-refractivity contribution in [2.45, 2.75) is 13.3 Å². The van der Waals surface area contributed by atoms with Gasteiger partial charge in [0.15, 0.2) is 0 Å². The average molecular weight is 196 g/mol. The summed E-state index contributed by atoms with van der Waals surface area (Å²) in [6.07, 6.45) is 0.838. The van der Waals surface area contributed by atoms with Gasteiger partial charge in [-0.25, -0.2) is 0 Å². The van der Waals surface area contributed by atoms with Crippen molar-refractivity contribution >= 4 is 11.7 Å². The Kier molecular flexibility index (Phi) is 2.76. The first-order valence-corrected chi connectivity index (χ1v) is 3.82. The lowest BCUT2D eigenvalue weighted by molar-refractivity contribution is -0.385. The van der Waals surface area contributed by atoms with Crippen LogP contribution in [-0.4, -0.2) is 21.0 Å². The minimum absolute atomic E-state index is 0.119. The number of aromatic nitrogens is 1. The molecule has 6 heteroatoms. The van der Waals surface area contributed by atoms with Crippen LogP contribution in [0.25, 0.3) is 0 Å². The molecular weight excluding hydrogens is 188 g/mol. The predicted octanol–water partition coefficient (Wildman–Crippen LogP) is 0.925. The van der Waals surface area contributed by atoms with Crippen LogP contribution in [0.5, 0.6) is 0 Å². The molecule has 74 valence electrons. The first-order valence-electron chi connectivity index (χ1n) is 3.82. The van der Waals surface area contributed by atoms with E-state index < -0.39 is 10.9 Å². The van der Waals surface area contributed by atoms with Crippen molar-refractivity contribution in [2.75, 3.05) is 0 Å². The monoisotopic (exact) mass is 196 g/mol. The van der Waals surface area contributed by atoms with Crippen molar-refractivity contribution in [1.29, 1.82) is 0 Å². The zero-order valence-electron chi connectivity index (χ0n) is 7.43. The van der Waals surface area contributed by atoms with E-state index in [2.05, 4.69) is 4.98 Å². The Hall–Kier alpha value is -1.98. The van der Waals surface area contributed by atoms with Gasteiger partial charge in [0.1, 0.15) is 0 Å². The zero-order chi connectivity index (χ0) is 10.7. The number of nitro groups is 1. The summed E-state index contributed by atoms with van der Waals surface area (Å²) in [5.41, 5.74) is 0.416. The maximum atomic E-state index is 10.5. The summed E-state index contributed by atoms with van der Waals surface area (Å²) in [4.78, 5) is 24.1. The molecule has 0 aliphatic rings. The fourth-order valence-electron chi connectivity index (χ4n) is 1.04. The van der Waals surface area contributed by atoms with E-state index in [9.17, 15) is 14.9 Å². The highest BCUT2D eigenvalue weighted by Crippen LogP contribution is 2.18. The zero-order valence-corrected chi connectivity index (χ0v) is 7.43. The lowest BCUT2D eigenvalue weighted by Crippen LogP contribution is -2.04. The van der Waals surface area contributed by atoms with Crippen LogP contribution >= 0.6 is 0 Å². The predicted molar refractivity (Wildman–Crippen MR) is 47.0 cm³/mol. The minimum atomic E-state index is -1.11. The van der Waals surface area contributed by atoms with E-state index in [1.165, 1.54) is 12.3 Å². The van der Waals surface area contributed by atoms with Crippen molar-refractivity contribution in [3.05, 3.63) is 33.6 Å². The molecule has 1 rings (SSSR count). The molecule has 0 fully saturated rings. The number of aryl methyl sites for hydroxylation is 1. The first kappa shape index (κ1) is 10.1. The summed E-state index contributed by atoms with van der Waals surface area (Å²) in [6, 6.07) is 1.26. The average Bonchev–Trinajstić information content (AvgIpc) is 2.07. The van der Waals surface area contributed by atoms with Crippen molar-refractivity contribution in [1.82, 2.24) is 4.98 Å². The third-order valence-electron chi connectivity index (χ3n) is 1.64. The summed E-state index contributed by atoms with van der Waals surface area (Å²) in [5.74, 6) is -1.11. The van der Waals surface area contributed by atoms with Gasteiger partial charge in [-0.3, -0.25) is 19.9 Å². The van der Waals surface area contributed by atoms with E-state index >= 15 is 0 Å². The Morgan fingerprint density at radius 3 is 2.86 bits per heavy atom. The van der Waals surface area contributed by atoms with Gasteiger partial charge in [-0.15, -0.1) is 0 Å². The van der Waals surface area contributed by atoms with Gasteiger partial charge in [0.25, 0.3) is 5.69 Å². The van der Waals surface area contributed by atoms with Crippen LogP contribution in [0, 0.1) is 17.0 Å². The number of carbonyl (C=O) groups is 1. The quantitative estimate of drug-likeness (QED) is 0.573. The van der Waals surface area contributed by atoms with Gasteiger partial charge < -0.3 is 5.11 Å². The molecular formula is C8H8N2O4. The van der Waals surface area contributed by atoms with Gasteiger partial charge in [-0.05, 0) is 6.92 Å². The molecule has 1 aromatic heterocycles. The Morgan fingerprint density at radius 1 is 1.71 bits per heavy atom. The maximum Gasteiger partial charge on any atom is 0.308 e. The lowest BCUT2D eigenvalue weighted by Gasteiger charge is -1.99. The fraction of sp³-hybridized carbons (Fsp3) is 0.250. The van der Waals surface area contributed by atoms with E-state index in [0.29, 0.717) is 5.69 Å². The van der Waals surface area contributed by atoms with Crippen LogP contribution in [0.2, 0.25) is 0 Å². The highest BCUT2D eigenvalue weighted by molar-refractivity contribution is 5.71. The number of pyridine rings is 1. The van der Waals surface area contributed by atoms with Gasteiger partial charge >= 0.3 is 5.97 Å². The molecule has 0 amide bonds. The van der Waals surface area contributed by atoms with Crippen LogP contribution in [0.15, 0.2) is 12.3 Å². The maximum absolute atomic E-state index is 10.5. The molecule has 0 atom stereocenters. The lowest BCUT2D eigenvalue weighted by atomic mass is 10.1. The van der Waals surface area contributed by atoms with E-state index in [-0.39, 0.29) is 17.7 Å². The van der Waals surface area contributed by atoms with Gasteiger partial charge in [-0.1, -0.05) is 0 Å². The summed E-state index contributed by atoms with van der Waals surface area (Å²) < 4.78 is 0. The summed E-state index contributed by atoms with van der Waals surface area (Å²) in [6.45, 7) is 1.61. The third-order valence-corrected chi connectivity index (χ3v) is 1.64. The molecule has 14 heavy (non-hydrogen) atoms. The Morgan fingerprint density at radius 2 is 2.36 bits per heavy atom. The topological polar surface area (TPSA) is 93.3 Å². The fourth-order valence-corrected chi connectivity index (χ4v) is 1.04. The number of rotatable bonds is 3. The summed E-state index contributed by atoms with van der Waals surface area (Å²) >= 11 is 0. The van der Waals surface area contributed by atoms with Crippen molar-refractivity contribution in [2.24, 2.45) is 0 Å². The molecule has 0 saturated carbocycles. The van der Waals surface area contributed by atoms with Gasteiger partial charge in [0.05, 0.1) is 16.9 Å². The van der Waals surface area contributed by atoms with Crippen LogP contribution in [0.4, 0.5) is 5.69 Å². The molecule has 0 aliphatic heterocycles. The highest BCUT2D eigenvalue weighted by Gasteiger charge is 2.16. The SMILES string of the molecule is Cc1cc([N+](=O)[O-])c(CC(=O)O)cn1. The molecule has 0 spiro atoms. The summed E-state index contributed by atoms with van der Waals surface area (Å²) in [5, 5.41) is 19.0. The van der Waals surface area contributed by atoms with E-state index in [0.717, 1.165) is 0 Å². The molecule has 0 radical (unpaired) electrons. The van der Waals surface area contributed by atoms with Crippen LogP contribution in [0.1, 0.15) is 11.3 Å². The number of carboxylic acid groups (broad SMARTS) is 1. The standard InChI is InChI=1S/C8H8N2O4/c1-5-2-7(10(13)14)6(4-9-5)3-8(11)12/h2,4H,3H2,1H3,(H,11,12). The molecule has 6 nitrogen and oxygen atoms in total. The first-order chi connectivity index (χ1) is 6.50. The summed E-state index contributed by atoms with van der Waals surface area (Å²) in [7, 11) is 0. The Bertz CT molecular complexity index is 389. The molecule has 1 aromatic rings. The second kappa shape index (κ2) is 3.82. The van der Waals surface area contributed by atoms with Crippen molar-refractivity contribution < 1.29 is 14.8 Å². The van der Waals surface area contributed by atoms with E-state index in [1.807, 2.05) is 0 Å². The van der Waals surface area contributed by atoms with Crippen molar-refractivity contribution in [3.8, 4) is 0 Å². The number of nitrogens with zero attached hydrogens (tertiary/aromatic N) is 2. The van der Waals surface area contributed by atoms with E-state index in [1.54, 1.807) is 6.92 Å². The molecule has 0 unspecified atom stereocenters. The second-order valence-corrected chi connectivity index (χ2v) is 2.78. The minimum Gasteiger partial charge on any atom is -0.481 e. The molecule has 0 saturated heterocycles. The highest BCUT2D eigenvalue weighted by atomic mass is 16.6. The number of carboxylic acids is 1. The van der Waals surface area contributed by atoms with Gasteiger partial charge in [-0.2, -0.15) is 0 Å². The number of aliphatic carboxylic acids is 1. The van der Waals surface area contributed by atoms with Crippen LogP contribution in [-0.2, 0) is 11.2 Å². The Labute approximate surface area is 79.4 Å². The van der Waals surface area contributed by atoms with Gasteiger partial charge in [0.2, 0.25) is 0 Å². The smallest absolute Gasteiger partial charge is 0.308 e. The van der Waals surface area contributed by atoms with E-state index in [4.69, 9.17) is 5.11 Å². The van der Waals surface area contributed by atoms with Crippen LogP contribution in [0.3, 0.4) is 0 Å². The number of hydrogen-bond acceptors (Lipinski definition) is 4. The second-order valence-electron chi connectivity index (χ2n) is 2.78. The Balaban J connectivity index is 3.14. The third kappa shape index (κ3) is 2.25. The van der Waals surface area contributed by atoms with Crippen LogP contribution < -0.4 is 0 Å². The molecule has 1 N–H and O–H groups in total. The molecule has 0 bridgehead atoms. The number of hydrogen-bond donors (Lipinski definition) is 1. The molecule has 0 aromatic carbocycles. The van der Waals surface area contributed by atoms with Gasteiger partial charge in [0, 0.05) is 18.0 Å².